The molecule has 8 nitrogen and oxygen atoms in total. The SMILES string of the molecule is NCC(=O)Nc1ccc(-c2ccc3nc(NCc4ccc(F)cc4)[nH]c(=O)c3n2)cc1. The fourth-order valence-electron chi connectivity index (χ4n) is 2.99. The number of nitrogens with zero attached hydrogens (tertiary/aromatic N) is 2. The molecule has 2 heterocycles. The molecule has 5 N–H and O–H groups in total. The first-order valence-corrected chi connectivity index (χ1v) is 9.51. The van der Waals surface area contributed by atoms with Gasteiger partial charge in [-0.15, -0.1) is 0 Å². The van der Waals surface area contributed by atoms with Crippen LogP contribution in [0.25, 0.3) is 22.3 Å². The predicted octanol–water partition coefficient (Wildman–Crippen LogP) is 2.63. The fourth-order valence-corrected chi connectivity index (χ4v) is 2.99. The van der Waals surface area contributed by atoms with Crippen LogP contribution in [-0.2, 0) is 11.3 Å². The van der Waals surface area contributed by atoms with E-state index in [-0.39, 0.29) is 29.3 Å². The van der Waals surface area contributed by atoms with Crippen LogP contribution in [0.2, 0.25) is 0 Å². The van der Waals surface area contributed by atoms with E-state index >= 15 is 0 Å². The summed E-state index contributed by atoms with van der Waals surface area (Å²) in [5, 5.41) is 5.69. The van der Waals surface area contributed by atoms with Crippen molar-refractivity contribution in [2.45, 2.75) is 6.54 Å². The summed E-state index contributed by atoms with van der Waals surface area (Å²) in [6, 6.07) is 16.6. The fraction of sp³-hybridized carbons (Fsp3) is 0.0909. The van der Waals surface area contributed by atoms with Crippen LogP contribution in [-0.4, -0.2) is 27.4 Å². The van der Waals surface area contributed by atoms with Crippen molar-refractivity contribution in [3.8, 4) is 11.3 Å². The van der Waals surface area contributed by atoms with Gasteiger partial charge in [-0.1, -0.05) is 24.3 Å². The Kier molecular flexibility index (Phi) is 5.67. The van der Waals surface area contributed by atoms with Gasteiger partial charge in [0.1, 0.15) is 5.82 Å². The van der Waals surface area contributed by atoms with Crippen molar-refractivity contribution in [2.24, 2.45) is 5.73 Å². The van der Waals surface area contributed by atoms with Gasteiger partial charge in [-0.05, 0) is 42.0 Å². The number of nitrogens with one attached hydrogen (secondary N) is 3. The minimum absolute atomic E-state index is 0.0928. The Bertz CT molecular complexity index is 1290. The third kappa shape index (κ3) is 4.73. The van der Waals surface area contributed by atoms with Crippen LogP contribution < -0.4 is 21.9 Å². The molecular weight excluding hydrogens is 399 g/mol. The zero-order chi connectivity index (χ0) is 21.8. The smallest absolute Gasteiger partial charge is 0.278 e. The summed E-state index contributed by atoms with van der Waals surface area (Å²) in [5.41, 5.74) is 8.43. The molecule has 2 aromatic heterocycles. The number of aromatic nitrogens is 3. The van der Waals surface area contributed by atoms with Crippen LogP contribution in [0.5, 0.6) is 0 Å². The molecule has 0 bridgehead atoms. The van der Waals surface area contributed by atoms with Gasteiger partial charge >= 0.3 is 0 Å². The lowest BCUT2D eigenvalue weighted by molar-refractivity contribution is -0.114. The molecule has 9 heteroatoms. The van der Waals surface area contributed by atoms with E-state index in [0.717, 1.165) is 11.1 Å². The van der Waals surface area contributed by atoms with E-state index in [1.54, 1.807) is 48.5 Å². The first-order chi connectivity index (χ1) is 15.0. The summed E-state index contributed by atoms with van der Waals surface area (Å²) < 4.78 is 13.0. The lowest BCUT2D eigenvalue weighted by Crippen LogP contribution is -2.21. The van der Waals surface area contributed by atoms with E-state index in [2.05, 4.69) is 25.6 Å². The van der Waals surface area contributed by atoms with Gasteiger partial charge in [0.05, 0.1) is 17.8 Å². The van der Waals surface area contributed by atoms with Crippen molar-refractivity contribution < 1.29 is 9.18 Å². The number of hydrogen-bond donors (Lipinski definition) is 4. The monoisotopic (exact) mass is 418 g/mol. The second-order valence-corrected chi connectivity index (χ2v) is 6.79. The summed E-state index contributed by atoms with van der Waals surface area (Å²) in [6.45, 7) is 0.289. The van der Waals surface area contributed by atoms with Gasteiger partial charge in [0.15, 0.2) is 5.52 Å². The highest BCUT2D eigenvalue weighted by molar-refractivity contribution is 5.92. The van der Waals surface area contributed by atoms with Crippen molar-refractivity contribution >= 4 is 28.6 Å². The second-order valence-electron chi connectivity index (χ2n) is 6.79. The van der Waals surface area contributed by atoms with Gasteiger partial charge in [-0.2, -0.15) is 0 Å². The highest BCUT2D eigenvalue weighted by Gasteiger charge is 2.09. The molecule has 0 unspecified atom stereocenters. The average molecular weight is 418 g/mol. The van der Waals surface area contributed by atoms with Gasteiger partial charge in [0, 0.05) is 17.8 Å². The van der Waals surface area contributed by atoms with Crippen LogP contribution in [0.1, 0.15) is 5.56 Å². The van der Waals surface area contributed by atoms with Crippen molar-refractivity contribution in [2.75, 3.05) is 17.2 Å². The number of carbonyl (C=O) groups is 1. The van der Waals surface area contributed by atoms with E-state index in [0.29, 0.717) is 29.4 Å². The molecule has 4 aromatic rings. The van der Waals surface area contributed by atoms with Gasteiger partial charge < -0.3 is 16.4 Å². The van der Waals surface area contributed by atoms with Crippen LogP contribution >= 0.6 is 0 Å². The maximum absolute atomic E-state index is 13.0. The normalized spacial score (nSPS) is 10.8. The molecule has 0 aliphatic heterocycles. The third-order valence-electron chi connectivity index (χ3n) is 4.58. The van der Waals surface area contributed by atoms with Gasteiger partial charge in [0.2, 0.25) is 11.9 Å². The number of benzene rings is 2. The molecule has 156 valence electrons. The molecule has 0 saturated carbocycles. The number of hydrogen-bond acceptors (Lipinski definition) is 6. The molecule has 0 aliphatic rings. The largest absolute Gasteiger partial charge is 0.352 e. The van der Waals surface area contributed by atoms with Crippen LogP contribution in [0.4, 0.5) is 16.0 Å². The number of halogens is 1. The topological polar surface area (TPSA) is 126 Å². The van der Waals surface area contributed by atoms with Crippen LogP contribution in [0.3, 0.4) is 0 Å². The Morgan fingerprint density at radius 1 is 1.00 bits per heavy atom. The van der Waals surface area contributed by atoms with Crippen molar-refractivity contribution in [1.82, 2.24) is 15.0 Å². The average Bonchev–Trinajstić information content (AvgIpc) is 2.79. The maximum Gasteiger partial charge on any atom is 0.278 e. The molecule has 0 saturated heterocycles. The summed E-state index contributed by atoms with van der Waals surface area (Å²) in [5.74, 6) is -0.285. The number of anilines is 2. The van der Waals surface area contributed by atoms with Gasteiger partial charge in [-0.25, -0.2) is 14.4 Å². The van der Waals surface area contributed by atoms with E-state index in [9.17, 15) is 14.0 Å². The number of amides is 1. The summed E-state index contributed by atoms with van der Waals surface area (Å²) in [4.78, 5) is 35.4. The standard InChI is InChI=1S/C22H19FN6O2/c23-15-5-1-13(2-6-15)12-25-22-28-18-10-9-17(27-20(18)21(31)29-22)14-3-7-16(8-4-14)26-19(30)11-24/h1-10H,11-12,24H2,(H,26,30)(H2,25,28,29,31). The van der Waals surface area contributed by atoms with Crippen molar-refractivity contribution in [1.29, 1.82) is 0 Å². The van der Waals surface area contributed by atoms with Gasteiger partial charge in [-0.3, -0.25) is 14.6 Å². The Hall–Kier alpha value is -4.11. The molecule has 4 rings (SSSR count). The van der Waals surface area contributed by atoms with Crippen LogP contribution in [0.15, 0.2) is 65.5 Å². The Labute approximate surface area is 176 Å². The van der Waals surface area contributed by atoms with E-state index in [1.165, 1.54) is 12.1 Å². The second kappa shape index (κ2) is 8.72. The predicted molar refractivity (Wildman–Crippen MR) is 117 cm³/mol. The number of fused-ring (bicyclic) bond motifs is 1. The number of carbonyl (C=O) groups excluding carboxylic acids is 1. The van der Waals surface area contributed by atoms with E-state index in [4.69, 9.17) is 5.73 Å². The highest BCUT2D eigenvalue weighted by Crippen LogP contribution is 2.21. The number of nitrogens with two attached hydrogens (primary N) is 1. The first-order valence-electron chi connectivity index (χ1n) is 9.51. The molecular formula is C22H19FN6O2. The quantitative estimate of drug-likeness (QED) is 0.381. The number of rotatable bonds is 6. The lowest BCUT2D eigenvalue weighted by Gasteiger charge is -2.08. The number of H-pyrrole nitrogens is 1. The highest BCUT2D eigenvalue weighted by atomic mass is 19.1. The Balaban J connectivity index is 1.54. The Morgan fingerprint density at radius 2 is 1.74 bits per heavy atom. The molecule has 0 fully saturated rings. The van der Waals surface area contributed by atoms with Crippen molar-refractivity contribution in [3.05, 3.63) is 82.4 Å². The van der Waals surface area contributed by atoms with E-state index in [1.807, 2.05) is 0 Å². The molecule has 1 amide bonds. The molecule has 0 radical (unpaired) electrons. The molecule has 2 aromatic carbocycles. The zero-order valence-electron chi connectivity index (χ0n) is 16.4. The Morgan fingerprint density at radius 3 is 2.45 bits per heavy atom. The molecule has 31 heavy (non-hydrogen) atoms. The summed E-state index contributed by atoms with van der Waals surface area (Å²) in [7, 11) is 0. The zero-order valence-corrected chi connectivity index (χ0v) is 16.4. The van der Waals surface area contributed by atoms with Crippen LogP contribution in [0, 0.1) is 5.82 Å². The maximum atomic E-state index is 13.0. The molecule has 0 spiro atoms. The lowest BCUT2D eigenvalue weighted by atomic mass is 10.1. The number of aromatic amines is 1. The minimum Gasteiger partial charge on any atom is -0.352 e. The van der Waals surface area contributed by atoms with E-state index < -0.39 is 0 Å². The van der Waals surface area contributed by atoms with Gasteiger partial charge in [0.25, 0.3) is 5.56 Å². The van der Waals surface area contributed by atoms with Crippen molar-refractivity contribution in [3.63, 3.8) is 0 Å². The first kappa shape index (κ1) is 20.2. The number of pyridine rings is 1. The minimum atomic E-state index is -0.375. The molecule has 0 atom stereocenters. The summed E-state index contributed by atoms with van der Waals surface area (Å²) >= 11 is 0. The summed E-state index contributed by atoms with van der Waals surface area (Å²) in [6.07, 6.45) is 0. The molecule has 0 aliphatic carbocycles. The third-order valence-corrected chi connectivity index (χ3v) is 4.58.